The minimum atomic E-state index is -1.08. The van der Waals surface area contributed by atoms with Crippen molar-refractivity contribution >= 4 is 29.3 Å². The molecule has 1 aliphatic rings. The fourth-order valence-corrected chi connectivity index (χ4v) is 3.34. The lowest BCUT2D eigenvalue weighted by Crippen LogP contribution is -2.61. The number of nitro benzene ring substituents is 1. The maximum atomic E-state index is 14.5. The lowest BCUT2D eigenvalue weighted by Gasteiger charge is -2.42. The number of rotatable bonds is 4. The standard InChI is InChI=1S/C20H26FN3O7/c1-11(2)16-17(25)22(7-8-23(16)19(27)31-20(3,4)5)14-10-13(21)12(18(26)30-6)9-15(14)24(28)29/h9-11,16H,7-8H2,1-6H3. The second kappa shape index (κ2) is 8.86. The third-order valence-corrected chi connectivity index (χ3v) is 4.64. The fraction of sp³-hybridized carbons (Fsp3) is 0.550. The van der Waals surface area contributed by atoms with Crippen LogP contribution < -0.4 is 4.90 Å². The SMILES string of the molecule is COC(=O)c1cc([N+](=O)[O-])c(N2CCN(C(=O)OC(C)(C)C)C(C(C)C)C2=O)cc1F. The molecule has 1 aromatic carbocycles. The van der Waals surface area contributed by atoms with E-state index in [1.54, 1.807) is 34.6 Å². The Bertz CT molecular complexity index is 911. The van der Waals surface area contributed by atoms with E-state index < -0.39 is 51.6 Å². The predicted octanol–water partition coefficient (Wildman–Crippen LogP) is 3.13. The van der Waals surface area contributed by atoms with Crippen LogP contribution in [0, 0.1) is 21.8 Å². The van der Waals surface area contributed by atoms with Gasteiger partial charge in [-0.25, -0.2) is 14.0 Å². The van der Waals surface area contributed by atoms with Crippen LogP contribution in [0.3, 0.4) is 0 Å². The Morgan fingerprint density at radius 2 is 1.87 bits per heavy atom. The van der Waals surface area contributed by atoms with E-state index >= 15 is 0 Å². The molecule has 0 spiro atoms. The van der Waals surface area contributed by atoms with Crippen molar-refractivity contribution in [3.8, 4) is 0 Å². The molecule has 2 rings (SSSR count). The largest absolute Gasteiger partial charge is 0.465 e. The van der Waals surface area contributed by atoms with Crippen LogP contribution in [0.2, 0.25) is 0 Å². The molecule has 1 aromatic rings. The predicted molar refractivity (Wildman–Crippen MR) is 108 cm³/mol. The number of anilines is 1. The number of nitro groups is 1. The third kappa shape index (κ3) is 5.09. The van der Waals surface area contributed by atoms with Gasteiger partial charge in [-0.1, -0.05) is 13.8 Å². The highest BCUT2D eigenvalue weighted by molar-refractivity contribution is 6.02. The number of amides is 2. The molecule has 0 bridgehead atoms. The zero-order valence-corrected chi connectivity index (χ0v) is 18.3. The van der Waals surface area contributed by atoms with Crippen LogP contribution in [0.4, 0.5) is 20.6 Å². The summed E-state index contributed by atoms with van der Waals surface area (Å²) in [5, 5.41) is 11.6. The van der Waals surface area contributed by atoms with E-state index in [9.17, 15) is 28.9 Å². The van der Waals surface area contributed by atoms with Crippen LogP contribution in [0.15, 0.2) is 12.1 Å². The van der Waals surface area contributed by atoms with Gasteiger partial charge in [0, 0.05) is 25.2 Å². The molecule has 11 heteroatoms. The number of methoxy groups -OCH3 is 1. The summed E-state index contributed by atoms with van der Waals surface area (Å²) in [6.07, 6.45) is -0.680. The molecule has 1 fully saturated rings. The van der Waals surface area contributed by atoms with E-state index in [-0.39, 0.29) is 24.7 Å². The van der Waals surface area contributed by atoms with Crippen molar-refractivity contribution in [3.05, 3.63) is 33.6 Å². The zero-order valence-electron chi connectivity index (χ0n) is 18.3. The summed E-state index contributed by atoms with van der Waals surface area (Å²) < 4.78 is 24.3. The number of ether oxygens (including phenoxy) is 2. The molecular weight excluding hydrogens is 413 g/mol. The molecule has 1 atom stereocenters. The quantitative estimate of drug-likeness (QED) is 0.402. The van der Waals surface area contributed by atoms with Crippen molar-refractivity contribution < 1.29 is 33.2 Å². The summed E-state index contributed by atoms with van der Waals surface area (Å²) >= 11 is 0. The number of piperazine rings is 1. The molecule has 1 heterocycles. The lowest BCUT2D eigenvalue weighted by atomic mass is 9.98. The van der Waals surface area contributed by atoms with Crippen molar-refractivity contribution in [2.45, 2.75) is 46.3 Å². The monoisotopic (exact) mass is 439 g/mol. The number of benzene rings is 1. The number of carbonyl (C=O) groups excluding carboxylic acids is 3. The summed E-state index contributed by atoms with van der Waals surface area (Å²) in [5.74, 6) is -3.09. The number of hydrogen-bond acceptors (Lipinski definition) is 7. The van der Waals surface area contributed by atoms with Gasteiger partial charge in [0.05, 0.1) is 12.0 Å². The molecule has 0 radical (unpaired) electrons. The number of halogens is 1. The Kier molecular flexibility index (Phi) is 6.87. The second-order valence-electron chi connectivity index (χ2n) is 8.42. The van der Waals surface area contributed by atoms with Crippen molar-refractivity contribution in [2.75, 3.05) is 25.1 Å². The molecule has 1 aliphatic heterocycles. The van der Waals surface area contributed by atoms with Crippen LogP contribution in [0.25, 0.3) is 0 Å². The van der Waals surface area contributed by atoms with Gasteiger partial charge in [0.2, 0.25) is 5.91 Å². The van der Waals surface area contributed by atoms with Crippen LogP contribution in [-0.4, -0.2) is 59.6 Å². The topological polar surface area (TPSA) is 119 Å². The molecule has 1 unspecified atom stereocenters. The number of esters is 1. The highest BCUT2D eigenvalue weighted by atomic mass is 19.1. The number of nitrogens with zero attached hydrogens (tertiary/aromatic N) is 3. The summed E-state index contributed by atoms with van der Waals surface area (Å²) in [6.45, 7) is 8.45. The van der Waals surface area contributed by atoms with Gasteiger partial charge in [0.15, 0.2) is 0 Å². The first kappa shape index (κ1) is 24.0. The maximum absolute atomic E-state index is 14.5. The van der Waals surface area contributed by atoms with Gasteiger partial charge in [0.25, 0.3) is 5.69 Å². The summed E-state index contributed by atoms with van der Waals surface area (Å²) in [7, 11) is 1.02. The Balaban J connectivity index is 2.48. The van der Waals surface area contributed by atoms with Gasteiger partial charge >= 0.3 is 12.1 Å². The van der Waals surface area contributed by atoms with Gasteiger partial charge in [-0.05, 0) is 26.7 Å². The molecule has 10 nitrogen and oxygen atoms in total. The Hall–Kier alpha value is -3.24. The average Bonchev–Trinajstić information content (AvgIpc) is 2.64. The van der Waals surface area contributed by atoms with E-state index in [0.29, 0.717) is 0 Å². The minimum absolute atomic E-state index is 0.0288. The number of carbonyl (C=O) groups is 3. The summed E-state index contributed by atoms with van der Waals surface area (Å²) in [4.78, 5) is 50.7. The Morgan fingerprint density at radius 1 is 1.26 bits per heavy atom. The summed E-state index contributed by atoms with van der Waals surface area (Å²) in [5.41, 5.74) is -2.30. The molecule has 0 N–H and O–H groups in total. The minimum Gasteiger partial charge on any atom is -0.465 e. The molecule has 0 saturated carbocycles. The first-order valence-electron chi connectivity index (χ1n) is 9.65. The van der Waals surface area contributed by atoms with E-state index in [4.69, 9.17) is 4.74 Å². The maximum Gasteiger partial charge on any atom is 0.411 e. The zero-order chi connectivity index (χ0) is 23.7. The van der Waals surface area contributed by atoms with Crippen LogP contribution >= 0.6 is 0 Å². The Morgan fingerprint density at radius 3 is 2.35 bits per heavy atom. The van der Waals surface area contributed by atoms with E-state index in [1.807, 2.05) is 0 Å². The van der Waals surface area contributed by atoms with E-state index in [0.717, 1.165) is 24.1 Å². The van der Waals surface area contributed by atoms with Gasteiger partial charge in [0.1, 0.15) is 28.7 Å². The molecule has 0 aromatic heterocycles. The lowest BCUT2D eigenvalue weighted by molar-refractivity contribution is -0.384. The molecule has 170 valence electrons. The van der Waals surface area contributed by atoms with Crippen LogP contribution in [0.5, 0.6) is 0 Å². The highest BCUT2D eigenvalue weighted by Gasteiger charge is 2.43. The second-order valence-corrected chi connectivity index (χ2v) is 8.42. The molecule has 1 saturated heterocycles. The van der Waals surface area contributed by atoms with Crippen molar-refractivity contribution in [1.29, 1.82) is 0 Å². The van der Waals surface area contributed by atoms with Gasteiger partial charge in [-0.3, -0.25) is 19.8 Å². The molecule has 31 heavy (non-hydrogen) atoms. The summed E-state index contributed by atoms with van der Waals surface area (Å²) in [6, 6.07) is 0.545. The van der Waals surface area contributed by atoms with Gasteiger partial charge < -0.3 is 14.4 Å². The fourth-order valence-electron chi connectivity index (χ4n) is 3.34. The van der Waals surface area contributed by atoms with Crippen LogP contribution in [-0.2, 0) is 14.3 Å². The first-order valence-corrected chi connectivity index (χ1v) is 9.65. The van der Waals surface area contributed by atoms with Crippen molar-refractivity contribution in [1.82, 2.24) is 4.90 Å². The van der Waals surface area contributed by atoms with E-state index in [1.165, 1.54) is 4.90 Å². The molecule has 2 amide bonds. The van der Waals surface area contributed by atoms with Crippen molar-refractivity contribution in [3.63, 3.8) is 0 Å². The van der Waals surface area contributed by atoms with Crippen LogP contribution in [0.1, 0.15) is 45.0 Å². The number of hydrogen-bond donors (Lipinski definition) is 0. The Labute approximate surface area is 179 Å². The third-order valence-electron chi connectivity index (χ3n) is 4.64. The van der Waals surface area contributed by atoms with Crippen molar-refractivity contribution in [2.24, 2.45) is 5.92 Å². The van der Waals surface area contributed by atoms with Gasteiger partial charge in [-0.2, -0.15) is 0 Å². The van der Waals surface area contributed by atoms with Gasteiger partial charge in [-0.15, -0.1) is 0 Å². The highest BCUT2D eigenvalue weighted by Crippen LogP contribution is 2.34. The smallest absolute Gasteiger partial charge is 0.411 e. The average molecular weight is 439 g/mol. The first-order chi connectivity index (χ1) is 14.3. The van der Waals surface area contributed by atoms with E-state index in [2.05, 4.69) is 4.74 Å². The normalized spacial score (nSPS) is 17.0. The molecular formula is C20H26FN3O7. The molecule has 0 aliphatic carbocycles.